The monoisotopic (exact) mass is 533 g/mol. The number of amides is 1. The number of benzene rings is 1. The highest BCUT2D eigenvalue weighted by molar-refractivity contribution is 6.13. The number of hydrogen-bond acceptors (Lipinski definition) is 8. The van der Waals surface area contributed by atoms with E-state index in [9.17, 15) is 9.18 Å². The number of imidazole rings is 1. The second-order valence-electron chi connectivity index (χ2n) is 10.5. The Labute approximate surface area is 225 Å². The average molecular weight is 534 g/mol. The summed E-state index contributed by atoms with van der Waals surface area (Å²) in [4.78, 5) is 29.2. The minimum absolute atomic E-state index is 0.0128. The van der Waals surface area contributed by atoms with E-state index in [1.165, 1.54) is 6.07 Å². The molecule has 6 rings (SSSR count). The number of carbonyl (C=O) groups excluding carboxylic acids is 1. The van der Waals surface area contributed by atoms with Crippen LogP contribution in [0.25, 0.3) is 16.6 Å². The van der Waals surface area contributed by atoms with Crippen LogP contribution < -0.4 is 20.3 Å². The van der Waals surface area contributed by atoms with Gasteiger partial charge >= 0.3 is 6.01 Å². The van der Waals surface area contributed by atoms with Gasteiger partial charge in [-0.2, -0.15) is 4.98 Å². The summed E-state index contributed by atoms with van der Waals surface area (Å²) >= 11 is 0. The van der Waals surface area contributed by atoms with Crippen LogP contribution in [0.3, 0.4) is 0 Å². The second kappa shape index (κ2) is 10.4. The maximum absolute atomic E-state index is 14.7. The fourth-order valence-electron chi connectivity index (χ4n) is 5.53. The Morgan fingerprint density at radius 3 is 2.82 bits per heavy atom. The van der Waals surface area contributed by atoms with E-state index in [4.69, 9.17) is 9.47 Å². The van der Waals surface area contributed by atoms with Gasteiger partial charge in [0.2, 0.25) is 0 Å². The van der Waals surface area contributed by atoms with Crippen molar-refractivity contribution in [1.82, 2.24) is 24.7 Å². The highest BCUT2D eigenvalue weighted by Crippen LogP contribution is 2.31. The molecule has 5 heterocycles. The number of hydrogen-bond donors (Lipinski definition) is 2. The predicted molar refractivity (Wildman–Crippen MR) is 146 cm³/mol. The van der Waals surface area contributed by atoms with E-state index in [2.05, 4.69) is 44.3 Å². The van der Waals surface area contributed by atoms with Gasteiger partial charge in [0.15, 0.2) is 11.5 Å². The summed E-state index contributed by atoms with van der Waals surface area (Å²) in [6, 6.07) is 5.76. The SMILES string of the molecule is Cc1cn2cc(NC(=O)c3ccc(N4C[C@@H](C)N[C@H](C)C4)c4cnc(OC[C@@H]5CCCO5)nc34)cc(F)c2n1. The highest BCUT2D eigenvalue weighted by Gasteiger charge is 2.25. The van der Waals surface area contributed by atoms with Crippen molar-refractivity contribution in [3.05, 3.63) is 53.9 Å². The molecule has 2 saturated heterocycles. The first-order chi connectivity index (χ1) is 18.8. The molecule has 1 amide bonds. The molecule has 0 radical (unpaired) electrons. The van der Waals surface area contributed by atoms with Crippen LogP contribution in [0.1, 0.15) is 42.7 Å². The van der Waals surface area contributed by atoms with Crippen molar-refractivity contribution in [2.24, 2.45) is 0 Å². The number of nitrogens with zero attached hydrogens (tertiary/aromatic N) is 5. The second-order valence-corrected chi connectivity index (χ2v) is 10.5. The third-order valence-corrected chi connectivity index (χ3v) is 7.16. The highest BCUT2D eigenvalue weighted by atomic mass is 19.1. The molecule has 11 heteroatoms. The number of aromatic nitrogens is 4. The molecule has 0 unspecified atom stereocenters. The number of nitrogens with one attached hydrogen (secondary N) is 2. The lowest BCUT2D eigenvalue weighted by Crippen LogP contribution is -2.54. The van der Waals surface area contributed by atoms with Gasteiger partial charge in [-0.15, -0.1) is 0 Å². The zero-order chi connectivity index (χ0) is 27.1. The van der Waals surface area contributed by atoms with Crippen LogP contribution in [0.5, 0.6) is 6.01 Å². The van der Waals surface area contributed by atoms with Crippen LogP contribution in [0.4, 0.5) is 15.8 Å². The largest absolute Gasteiger partial charge is 0.461 e. The zero-order valence-electron chi connectivity index (χ0n) is 22.3. The van der Waals surface area contributed by atoms with E-state index in [0.717, 1.165) is 43.6 Å². The molecule has 39 heavy (non-hydrogen) atoms. The molecule has 0 spiro atoms. The average Bonchev–Trinajstić information content (AvgIpc) is 3.55. The number of ether oxygens (including phenoxy) is 2. The Kier molecular flexibility index (Phi) is 6.78. The van der Waals surface area contributed by atoms with E-state index in [-0.39, 0.29) is 17.8 Å². The standard InChI is InChI=1S/C28H32FN7O3/c1-16-11-35(12-17(2)31-16)24-7-6-21(25-22(24)10-30-28(34-25)39-15-20-5-4-8-38-20)27(37)33-19-9-23(29)26-32-18(3)13-36(26)14-19/h6-7,9-10,13-14,16-17,20,31H,4-5,8,11-12,15H2,1-3H3,(H,33,37)/t16-,17-,20+/m1/s1. The third kappa shape index (κ3) is 5.24. The molecule has 2 aliphatic heterocycles. The number of anilines is 2. The van der Waals surface area contributed by atoms with Gasteiger partial charge in [-0.3, -0.25) is 4.79 Å². The van der Waals surface area contributed by atoms with E-state index in [1.54, 1.807) is 36.0 Å². The fourth-order valence-corrected chi connectivity index (χ4v) is 5.53. The van der Waals surface area contributed by atoms with Crippen LogP contribution in [0.15, 0.2) is 36.8 Å². The number of fused-ring (bicyclic) bond motifs is 2. The summed E-state index contributed by atoms with van der Waals surface area (Å²) in [5.74, 6) is -0.928. The maximum atomic E-state index is 14.7. The molecule has 10 nitrogen and oxygen atoms in total. The maximum Gasteiger partial charge on any atom is 0.317 e. The van der Waals surface area contributed by atoms with Gasteiger partial charge in [-0.25, -0.2) is 14.4 Å². The summed E-state index contributed by atoms with van der Waals surface area (Å²) < 4.78 is 27.8. The summed E-state index contributed by atoms with van der Waals surface area (Å²) in [6.45, 7) is 8.79. The molecule has 0 saturated carbocycles. The quantitative estimate of drug-likeness (QED) is 0.386. The smallest absolute Gasteiger partial charge is 0.317 e. The van der Waals surface area contributed by atoms with Gasteiger partial charge in [0.05, 0.1) is 28.6 Å². The Morgan fingerprint density at radius 1 is 1.23 bits per heavy atom. The van der Waals surface area contributed by atoms with Crippen LogP contribution in [-0.2, 0) is 4.74 Å². The Morgan fingerprint density at radius 2 is 2.05 bits per heavy atom. The first-order valence-electron chi connectivity index (χ1n) is 13.4. The van der Waals surface area contributed by atoms with Gasteiger partial charge in [0, 0.05) is 67.5 Å². The van der Waals surface area contributed by atoms with E-state index in [1.807, 2.05) is 6.07 Å². The van der Waals surface area contributed by atoms with Gasteiger partial charge in [-0.05, 0) is 45.7 Å². The van der Waals surface area contributed by atoms with Crippen LogP contribution >= 0.6 is 0 Å². The number of rotatable bonds is 6. The first kappa shape index (κ1) is 25.4. The van der Waals surface area contributed by atoms with E-state index >= 15 is 0 Å². The van der Waals surface area contributed by atoms with Gasteiger partial charge in [0.25, 0.3) is 5.91 Å². The van der Waals surface area contributed by atoms with Crippen molar-refractivity contribution < 1.29 is 18.7 Å². The zero-order valence-corrected chi connectivity index (χ0v) is 22.3. The molecule has 1 aromatic carbocycles. The summed E-state index contributed by atoms with van der Waals surface area (Å²) in [6.07, 6.45) is 7.02. The molecular weight excluding hydrogens is 501 g/mol. The predicted octanol–water partition coefficient (Wildman–Crippen LogP) is 3.72. The molecule has 0 aliphatic carbocycles. The first-order valence-corrected chi connectivity index (χ1v) is 13.4. The molecule has 2 N–H and O–H groups in total. The van der Waals surface area contributed by atoms with Gasteiger partial charge in [0.1, 0.15) is 6.61 Å². The molecule has 3 aromatic heterocycles. The van der Waals surface area contributed by atoms with Crippen molar-refractivity contribution >= 4 is 33.8 Å². The summed E-state index contributed by atoms with van der Waals surface area (Å²) in [5.41, 5.74) is 2.98. The summed E-state index contributed by atoms with van der Waals surface area (Å²) in [7, 11) is 0. The lowest BCUT2D eigenvalue weighted by Gasteiger charge is -2.38. The fraction of sp³-hybridized carbons (Fsp3) is 0.429. The normalized spacial score (nSPS) is 21.5. The molecular formula is C28H32FN7O3. The Balaban J connectivity index is 1.36. The van der Waals surface area contributed by atoms with Gasteiger partial charge < -0.3 is 29.4 Å². The van der Waals surface area contributed by atoms with Crippen molar-refractivity contribution in [2.45, 2.75) is 51.8 Å². The van der Waals surface area contributed by atoms with E-state index in [0.29, 0.717) is 41.2 Å². The summed E-state index contributed by atoms with van der Waals surface area (Å²) in [5, 5.41) is 7.13. The van der Waals surface area contributed by atoms with Crippen LogP contribution in [-0.4, -0.2) is 69.8 Å². The Bertz CT molecular complexity index is 1520. The number of aryl methyl sites for hydroxylation is 1. The lowest BCUT2D eigenvalue weighted by molar-refractivity contribution is 0.0646. The molecule has 204 valence electrons. The van der Waals surface area contributed by atoms with Crippen molar-refractivity contribution in [3.63, 3.8) is 0 Å². The van der Waals surface area contributed by atoms with Crippen LogP contribution in [0.2, 0.25) is 0 Å². The van der Waals surface area contributed by atoms with Crippen molar-refractivity contribution in [1.29, 1.82) is 0 Å². The number of pyridine rings is 1. The minimum atomic E-state index is -0.518. The van der Waals surface area contributed by atoms with Gasteiger partial charge in [-0.1, -0.05) is 0 Å². The lowest BCUT2D eigenvalue weighted by atomic mass is 10.0. The topological polar surface area (TPSA) is 106 Å². The minimum Gasteiger partial charge on any atom is -0.461 e. The third-order valence-electron chi connectivity index (χ3n) is 7.16. The van der Waals surface area contributed by atoms with Crippen molar-refractivity contribution in [3.8, 4) is 6.01 Å². The molecule has 3 atom stereocenters. The number of carbonyl (C=O) groups is 1. The molecule has 2 aliphatic rings. The van der Waals surface area contributed by atoms with Crippen molar-refractivity contribution in [2.75, 3.05) is 36.5 Å². The molecule has 0 bridgehead atoms. The number of halogens is 1. The molecule has 2 fully saturated rings. The van der Waals surface area contributed by atoms with E-state index < -0.39 is 11.7 Å². The molecule has 4 aromatic rings. The Hall–Kier alpha value is -3.83. The van der Waals surface area contributed by atoms with Crippen LogP contribution in [0, 0.1) is 12.7 Å². The number of piperazine rings is 1.